The number of halogens is 1. The predicted molar refractivity (Wildman–Crippen MR) is 97.8 cm³/mol. The van der Waals surface area contributed by atoms with E-state index in [-0.39, 0.29) is 18.3 Å². The fourth-order valence-corrected chi connectivity index (χ4v) is 2.76. The molecule has 1 aliphatic heterocycles. The Morgan fingerprint density at radius 2 is 1.83 bits per heavy atom. The molecule has 136 valence electrons. The van der Waals surface area contributed by atoms with E-state index in [0.717, 1.165) is 44.7 Å². The molecule has 0 atom stereocenters. The normalized spacial score (nSPS) is 14.6. The van der Waals surface area contributed by atoms with Gasteiger partial charge in [0.15, 0.2) is 11.5 Å². The number of methoxy groups -OCH3 is 2. The van der Waals surface area contributed by atoms with Crippen molar-refractivity contribution < 1.29 is 14.3 Å². The molecule has 7 heteroatoms. The molecule has 1 aromatic carbocycles. The molecule has 0 bridgehead atoms. The number of ether oxygens (including phenoxy) is 2. The Hall–Kier alpha value is -1.50. The third kappa shape index (κ3) is 5.54. The van der Waals surface area contributed by atoms with Gasteiger partial charge < -0.3 is 25.0 Å². The van der Waals surface area contributed by atoms with Gasteiger partial charge in [-0.05, 0) is 37.6 Å². The van der Waals surface area contributed by atoms with E-state index in [2.05, 4.69) is 15.5 Å². The molecular weight excluding hydrogens is 330 g/mol. The van der Waals surface area contributed by atoms with Gasteiger partial charge in [0.1, 0.15) is 0 Å². The van der Waals surface area contributed by atoms with Crippen LogP contribution in [0.15, 0.2) is 12.1 Å². The second kappa shape index (κ2) is 10.4. The number of rotatable bonds is 7. The lowest BCUT2D eigenvalue weighted by molar-refractivity contribution is 0.0950. The molecule has 1 aromatic rings. The Bertz CT molecular complexity index is 534. The largest absolute Gasteiger partial charge is 0.493 e. The van der Waals surface area contributed by atoms with Crippen molar-refractivity contribution in [3.8, 4) is 11.5 Å². The zero-order chi connectivity index (χ0) is 16.7. The molecule has 1 saturated heterocycles. The summed E-state index contributed by atoms with van der Waals surface area (Å²) in [5, 5.41) is 6.33. The fourth-order valence-electron chi connectivity index (χ4n) is 2.76. The first-order chi connectivity index (χ1) is 11.2. The van der Waals surface area contributed by atoms with Crippen molar-refractivity contribution in [2.75, 3.05) is 53.5 Å². The summed E-state index contributed by atoms with van der Waals surface area (Å²) in [5.41, 5.74) is 1.51. The average molecular weight is 358 g/mol. The van der Waals surface area contributed by atoms with Gasteiger partial charge in [0.25, 0.3) is 5.91 Å². The number of aryl methyl sites for hydroxylation is 1. The van der Waals surface area contributed by atoms with E-state index >= 15 is 0 Å². The fraction of sp³-hybridized carbons (Fsp3) is 0.588. The lowest BCUT2D eigenvalue weighted by Crippen LogP contribution is -2.44. The molecule has 24 heavy (non-hydrogen) atoms. The van der Waals surface area contributed by atoms with Crippen LogP contribution in [0.25, 0.3) is 0 Å². The standard InChI is InChI=1S/C17H27N3O3.ClH/c1-13-11-15(22-2)16(23-3)12-14(13)17(21)19-5-4-8-20-9-6-18-7-10-20;/h11-12,18H,4-10H2,1-3H3,(H,19,21);1H. The summed E-state index contributed by atoms with van der Waals surface area (Å²) in [6.45, 7) is 7.88. The Morgan fingerprint density at radius 3 is 2.46 bits per heavy atom. The van der Waals surface area contributed by atoms with Crippen LogP contribution < -0.4 is 20.1 Å². The molecule has 1 aliphatic rings. The van der Waals surface area contributed by atoms with Crippen molar-refractivity contribution in [3.05, 3.63) is 23.3 Å². The smallest absolute Gasteiger partial charge is 0.251 e. The van der Waals surface area contributed by atoms with Crippen LogP contribution in [0.2, 0.25) is 0 Å². The molecule has 1 fully saturated rings. The number of hydrogen-bond acceptors (Lipinski definition) is 5. The summed E-state index contributed by atoms with van der Waals surface area (Å²) in [4.78, 5) is 14.8. The number of benzene rings is 1. The minimum atomic E-state index is -0.0660. The Balaban J connectivity index is 0.00000288. The second-order valence-electron chi connectivity index (χ2n) is 5.72. The maximum absolute atomic E-state index is 12.4. The molecule has 0 radical (unpaired) electrons. The molecule has 0 saturated carbocycles. The Kier molecular flexibility index (Phi) is 8.89. The van der Waals surface area contributed by atoms with Crippen molar-refractivity contribution in [2.24, 2.45) is 0 Å². The van der Waals surface area contributed by atoms with Gasteiger partial charge in [0.05, 0.1) is 14.2 Å². The van der Waals surface area contributed by atoms with E-state index < -0.39 is 0 Å². The Labute approximate surface area is 150 Å². The van der Waals surface area contributed by atoms with Gasteiger partial charge in [-0.1, -0.05) is 0 Å². The van der Waals surface area contributed by atoms with E-state index in [4.69, 9.17) is 9.47 Å². The topological polar surface area (TPSA) is 62.8 Å². The highest BCUT2D eigenvalue weighted by atomic mass is 35.5. The quantitative estimate of drug-likeness (QED) is 0.723. The van der Waals surface area contributed by atoms with E-state index in [0.29, 0.717) is 23.6 Å². The number of amides is 1. The number of nitrogens with zero attached hydrogens (tertiary/aromatic N) is 1. The van der Waals surface area contributed by atoms with Crippen molar-refractivity contribution in [3.63, 3.8) is 0 Å². The van der Waals surface area contributed by atoms with E-state index in [1.165, 1.54) is 0 Å². The lowest BCUT2D eigenvalue weighted by atomic mass is 10.1. The summed E-state index contributed by atoms with van der Waals surface area (Å²) in [7, 11) is 3.16. The monoisotopic (exact) mass is 357 g/mol. The molecule has 0 aliphatic carbocycles. The summed E-state index contributed by atoms with van der Waals surface area (Å²) in [5.74, 6) is 1.15. The van der Waals surface area contributed by atoms with Crippen LogP contribution in [-0.2, 0) is 0 Å². The summed E-state index contributed by atoms with van der Waals surface area (Å²) >= 11 is 0. The van der Waals surface area contributed by atoms with Gasteiger partial charge in [-0.2, -0.15) is 0 Å². The predicted octanol–water partition coefficient (Wildman–Crippen LogP) is 1.46. The molecular formula is C17H28ClN3O3. The van der Waals surface area contributed by atoms with Crippen LogP contribution in [0.5, 0.6) is 11.5 Å². The van der Waals surface area contributed by atoms with Gasteiger partial charge in [-0.25, -0.2) is 0 Å². The average Bonchev–Trinajstić information content (AvgIpc) is 2.59. The SMILES string of the molecule is COc1cc(C)c(C(=O)NCCCN2CCNCC2)cc1OC.Cl. The first kappa shape index (κ1) is 20.5. The van der Waals surface area contributed by atoms with Crippen LogP contribution in [0, 0.1) is 6.92 Å². The summed E-state index contributed by atoms with van der Waals surface area (Å²) in [6.07, 6.45) is 0.956. The van der Waals surface area contributed by atoms with Crippen LogP contribution in [0.4, 0.5) is 0 Å². The zero-order valence-corrected chi connectivity index (χ0v) is 15.5. The number of carbonyl (C=O) groups is 1. The molecule has 2 N–H and O–H groups in total. The minimum Gasteiger partial charge on any atom is -0.493 e. The van der Waals surface area contributed by atoms with Crippen molar-refractivity contribution >= 4 is 18.3 Å². The third-order valence-electron chi connectivity index (χ3n) is 4.12. The summed E-state index contributed by atoms with van der Waals surface area (Å²) < 4.78 is 10.5. The van der Waals surface area contributed by atoms with E-state index in [1.54, 1.807) is 20.3 Å². The van der Waals surface area contributed by atoms with Crippen molar-refractivity contribution in [2.45, 2.75) is 13.3 Å². The molecule has 0 aromatic heterocycles. The van der Waals surface area contributed by atoms with Gasteiger partial charge in [0.2, 0.25) is 0 Å². The highest BCUT2D eigenvalue weighted by Crippen LogP contribution is 2.30. The molecule has 2 rings (SSSR count). The number of carbonyl (C=O) groups excluding carboxylic acids is 1. The number of nitrogens with one attached hydrogen (secondary N) is 2. The van der Waals surface area contributed by atoms with Crippen molar-refractivity contribution in [1.82, 2.24) is 15.5 Å². The molecule has 1 amide bonds. The molecule has 6 nitrogen and oxygen atoms in total. The van der Waals surface area contributed by atoms with Crippen molar-refractivity contribution in [1.29, 1.82) is 0 Å². The first-order valence-electron chi connectivity index (χ1n) is 8.09. The first-order valence-corrected chi connectivity index (χ1v) is 8.09. The minimum absolute atomic E-state index is 0. The van der Waals surface area contributed by atoms with E-state index in [9.17, 15) is 4.79 Å². The maximum Gasteiger partial charge on any atom is 0.251 e. The molecule has 1 heterocycles. The molecule has 0 spiro atoms. The zero-order valence-electron chi connectivity index (χ0n) is 14.7. The van der Waals surface area contributed by atoms with Crippen LogP contribution >= 0.6 is 12.4 Å². The Morgan fingerprint density at radius 1 is 1.21 bits per heavy atom. The number of hydrogen-bond donors (Lipinski definition) is 2. The maximum atomic E-state index is 12.4. The lowest BCUT2D eigenvalue weighted by Gasteiger charge is -2.27. The highest BCUT2D eigenvalue weighted by Gasteiger charge is 2.14. The van der Waals surface area contributed by atoms with Crippen LogP contribution in [0.3, 0.4) is 0 Å². The van der Waals surface area contributed by atoms with Crippen LogP contribution in [0.1, 0.15) is 22.3 Å². The van der Waals surface area contributed by atoms with Gasteiger partial charge >= 0.3 is 0 Å². The molecule has 0 unspecified atom stereocenters. The van der Waals surface area contributed by atoms with Gasteiger partial charge in [0, 0.05) is 38.3 Å². The van der Waals surface area contributed by atoms with Gasteiger partial charge in [-0.15, -0.1) is 12.4 Å². The van der Waals surface area contributed by atoms with Crippen LogP contribution in [-0.4, -0.2) is 64.3 Å². The third-order valence-corrected chi connectivity index (χ3v) is 4.12. The van der Waals surface area contributed by atoms with Gasteiger partial charge in [-0.3, -0.25) is 4.79 Å². The summed E-state index contributed by atoms with van der Waals surface area (Å²) in [6, 6.07) is 3.56. The second-order valence-corrected chi connectivity index (χ2v) is 5.72. The number of piperazine rings is 1. The van der Waals surface area contributed by atoms with E-state index in [1.807, 2.05) is 13.0 Å². The highest BCUT2D eigenvalue weighted by molar-refractivity contribution is 5.96.